The molecule has 0 saturated carbocycles. The van der Waals surface area contributed by atoms with Crippen LogP contribution in [0.3, 0.4) is 0 Å². The number of nitrogens with one attached hydrogen (secondary N) is 1. The van der Waals surface area contributed by atoms with Gasteiger partial charge in [-0.3, -0.25) is 0 Å². The minimum absolute atomic E-state index is 0.134. The first-order valence-corrected chi connectivity index (χ1v) is 6.41. The summed E-state index contributed by atoms with van der Waals surface area (Å²) in [6.07, 6.45) is 0. The predicted octanol–water partition coefficient (Wildman–Crippen LogP) is 2.96. The molecule has 106 valence electrons. The SMILES string of the molecule is CC(CO)(NCc1cccc(F)c1F)c1ccccc1. The second-order valence-corrected chi connectivity index (χ2v) is 4.92. The molecular formula is C16H17F2NO. The van der Waals surface area contributed by atoms with E-state index < -0.39 is 17.2 Å². The van der Waals surface area contributed by atoms with Crippen LogP contribution in [-0.2, 0) is 12.1 Å². The van der Waals surface area contributed by atoms with Gasteiger partial charge in [-0.1, -0.05) is 42.5 Å². The van der Waals surface area contributed by atoms with E-state index in [0.717, 1.165) is 11.6 Å². The average molecular weight is 277 g/mol. The third kappa shape index (κ3) is 3.03. The van der Waals surface area contributed by atoms with Gasteiger partial charge in [-0.25, -0.2) is 8.78 Å². The Morgan fingerprint density at radius 3 is 2.40 bits per heavy atom. The number of benzene rings is 2. The van der Waals surface area contributed by atoms with Crippen molar-refractivity contribution in [2.75, 3.05) is 6.61 Å². The molecule has 2 N–H and O–H groups in total. The number of rotatable bonds is 5. The minimum Gasteiger partial charge on any atom is -0.394 e. The molecule has 1 unspecified atom stereocenters. The normalized spacial score (nSPS) is 14.0. The molecular weight excluding hydrogens is 260 g/mol. The van der Waals surface area contributed by atoms with Gasteiger partial charge < -0.3 is 10.4 Å². The smallest absolute Gasteiger partial charge is 0.163 e. The van der Waals surface area contributed by atoms with E-state index in [1.807, 2.05) is 37.3 Å². The summed E-state index contributed by atoms with van der Waals surface area (Å²) in [6.45, 7) is 1.81. The summed E-state index contributed by atoms with van der Waals surface area (Å²) in [5.41, 5.74) is 0.417. The zero-order chi connectivity index (χ0) is 14.6. The molecule has 1 atom stereocenters. The van der Waals surface area contributed by atoms with Crippen LogP contribution in [0.2, 0.25) is 0 Å². The first-order valence-electron chi connectivity index (χ1n) is 6.41. The number of aliphatic hydroxyl groups is 1. The topological polar surface area (TPSA) is 32.3 Å². The zero-order valence-electron chi connectivity index (χ0n) is 11.2. The van der Waals surface area contributed by atoms with Gasteiger partial charge >= 0.3 is 0 Å². The van der Waals surface area contributed by atoms with Gasteiger partial charge in [0.1, 0.15) is 0 Å². The standard InChI is InChI=1S/C16H17F2NO/c1-16(11-20,13-7-3-2-4-8-13)19-10-12-6-5-9-14(17)15(12)18/h2-9,19-20H,10-11H2,1H3. The second kappa shape index (κ2) is 6.11. The van der Waals surface area contributed by atoms with Crippen molar-refractivity contribution < 1.29 is 13.9 Å². The lowest BCUT2D eigenvalue weighted by molar-refractivity contribution is 0.173. The lowest BCUT2D eigenvalue weighted by atomic mass is 9.92. The molecule has 0 aliphatic carbocycles. The van der Waals surface area contributed by atoms with E-state index in [2.05, 4.69) is 5.32 Å². The summed E-state index contributed by atoms with van der Waals surface area (Å²) in [5, 5.41) is 12.7. The number of aliphatic hydroxyl groups excluding tert-OH is 1. The van der Waals surface area contributed by atoms with Gasteiger partial charge in [0.25, 0.3) is 0 Å². The maximum absolute atomic E-state index is 13.6. The molecule has 4 heteroatoms. The summed E-state index contributed by atoms with van der Waals surface area (Å²) >= 11 is 0. The molecule has 0 saturated heterocycles. The minimum atomic E-state index is -0.866. The van der Waals surface area contributed by atoms with Crippen LogP contribution >= 0.6 is 0 Å². The monoisotopic (exact) mass is 277 g/mol. The molecule has 0 spiro atoms. The molecule has 2 aromatic rings. The molecule has 20 heavy (non-hydrogen) atoms. The molecule has 0 bridgehead atoms. The van der Waals surface area contributed by atoms with Crippen LogP contribution in [0.4, 0.5) is 8.78 Å². The highest BCUT2D eigenvalue weighted by Crippen LogP contribution is 2.21. The third-order valence-electron chi connectivity index (χ3n) is 3.43. The van der Waals surface area contributed by atoms with Crippen molar-refractivity contribution in [1.82, 2.24) is 5.32 Å². The van der Waals surface area contributed by atoms with Crippen molar-refractivity contribution in [2.45, 2.75) is 19.0 Å². The molecule has 2 nitrogen and oxygen atoms in total. The van der Waals surface area contributed by atoms with Crippen molar-refractivity contribution in [3.8, 4) is 0 Å². The van der Waals surface area contributed by atoms with Crippen molar-refractivity contribution in [1.29, 1.82) is 0 Å². The molecule has 0 heterocycles. The van der Waals surface area contributed by atoms with Crippen molar-refractivity contribution in [3.05, 3.63) is 71.3 Å². The number of halogens is 2. The van der Waals surface area contributed by atoms with Gasteiger partial charge in [-0.15, -0.1) is 0 Å². The first-order chi connectivity index (χ1) is 9.57. The fourth-order valence-electron chi connectivity index (χ4n) is 2.03. The Hall–Kier alpha value is -1.78. The lowest BCUT2D eigenvalue weighted by Gasteiger charge is -2.29. The lowest BCUT2D eigenvalue weighted by Crippen LogP contribution is -2.42. The van der Waals surface area contributed by atoms with Crippen LogP contribution in [0.1, 0.15) is 18.1 Å². The summed E-state index contributed by atoms with van der Waals surface area (Å²) in [6, 6.07) is 13.5. The second-order valence-electron chi connectivity index (χ2n) is 4.92. The summed E-state index contributed by atoms with van der Waals surface area (Å²) < 4.78 is 26.8. The van der Waals surface area contributed by atoms with Gasteiger partial charge in [-0.05, 0) is 18.6 Å². The highest BCUT2D eigenvalue weighted by Gasteiger charge is 2.25. The van der Waals surface area contributed by atoms with Crippen molar-refractivity contribution >= 4 is 0 Å². The van der Waals surface area contributed by atoms with E-state index in [4.69, 9.17) is 0 Å². The summed E-state index contributed by atoms with van der Waals surface area (Å²) in [5.74, 6) is -1.72. The highest BCUT2D eigenvalue weighted by atomic mass is 19.2. The summed E-state index contributed by atoms with van der Waals surface area (Å²) in [7, 11) is 0. The molecule has 0 radical (unpaired) electrons. The Labute approximate surface area is 117 Å². The van der Waals surface area contributed by atoms with Crippen LogP contribution < -0.4 is 5.32 Å². The molecule has 0 amide bonds. The van der Waals surface area contributed by atoms with E-state index >= 15 is 0 Å². The Morgan fingerprint density at radius 2 is 1.75 bits per heavy atom. The zero-order valence-corrected chi connectivity index (χ0v) is 11.2. The van der Waals surface area contributed by atoms with Gasteiger partial charge in [0.05, 0.1) is 12.1 Å². The average Bonchev–Trinajstić information content (AvgIpc) is 2.49. The first kappa shape index (κ1) is 14.6. The maximum Gasteiger partial charge on any atom is 0.163 e. The molecule has 2 rings (SSSR count). The van der Waals surface area contributed by atoms with Crippen LogP contribution in [-0.4, -0.2) is 11.7 Å². The van der Waals surface area contributed by atoms with Crippen molar-refractivity contribution in [3.63, 3.8) is 0 Å². The van der Waals surface area contributed by atoms with Crippen LogP contribution in [0.15, 0.2) is 48.5 Å². The molecule has 0 fully saturated rings. The van der Waals surface area contributed by atoms with E-state index in [0.29, 0.717) is 0 Å². The van der Waals surface area contributed by atoms with E-state index in [1.54, 1.807) is 0 Å². The van der Waals surface area contributed by atoms with Crippen LogP contribution in [0.25, 0.3) is 0 Å². The van der Waals surface area contributed by atoms with Crippen molar-refractivity contribution in [2.24, 2.45) is 0 Å². The Bertz CT molecular complexity index is 574. The van der Waals surface area contributed by atoms with E-state index in [9.17, 15) is 13.9 Å². The Morgan fingerprint density at radius 1 is 1.05 bits per heavy atom. The predicted molar refractivity (Wildman–Crippen MR) is 74.1 cm³/mol. The van der Waals surface area contributed by atoms with Gasteiger partial charge in [-0.2, -0.15) is 0 Å². The van der Waals surface area contributed by atoms with E-state index in [1.165, 1.54) is 12.1 Å². The number of hydrogen-bond acceptors (Lipinski definition) is 2. The van der Waals surface area contributed by atoms with Gasteiger partial charge in [0.2, 0.25) is 0 Å². The van der Waals surface area contributed by atoms with E-state index in [-0.39, 0.29) is 18.7 Å². The van der Waals surface area contributed by atoms with Crippen LogP contribution in [0.5, 0.6) is 0 Å². The molecule has 2 aromatic carbocycles. The fourth-order valence-corrected chi connectivity index (χ4v) is 2.03. The largest absolute Gasteiger partial charge is 0.394 e. The van der Waals surface area contributed by atoms with Gasteiger partial charge in [0, 0.05) is 12.1 Å². The third-order valence-corrected chi connectivity index (χ3v) is 3.43. The summed E-state index contributed by atoms with van der Waals surface area (Å²) in [4.78, 5) is 0. The Kier molecular flexibility index (Phi) is 4.47. The van der Waals surface area contributed by atoms with Gasteiger partial charge in [0.15, 0.2) is 11.6 Å². The number of hydrogen-bond donors (Lipinski definition) is 2. The fraction of sp³-hybridized carbons (Fsp3) is 0.250. The molecule has 0 aliphatic rings. The quantitative estimate of drug-likeness (QED) is 0.880. The Balaban J connectivity index is 2.17. The van der Waals surface area contributed by atoms with Crippen LogP contribution in [0, 0.1) is 11.6 Å². The molecule has 0 aromatic heterocycles. The molecule has 0 aliphatic heterocycles. The highest BCUT2D eigenvalue weighted by molar-refractivity contribution is 5.25. The maximum atomic E-state index is 13.6.